The molecule has 2 unspecified atom stereocenters. The number of hydrogen-bond donors (Lipinski definition) is 1. The molecule has 114 valence electrons. The Bertz CT molecular complexity index is 541. The number of ether oxygens (including phenoxy) is 1. The molecule has 0 radical (unpaired) electrons. The first-order chi connectivity index (χ1) is 9.83. The molecule has 0 aliphatic carbocycles. The van der Waals surface area contributed by atoms with Gasteiger partial charge < -0.3 is 14.7 Å². The number of anilines is 1. The van der Waals surface area contributed by atoms with Crippen LogP contribution in [-0.2, 0) is 4.74 Å². The number of piperidine rings is 1. The van der Waals surface area contributed by atoms with Crippen LogP contribution in [-0.4, -0.2) is 46.9 Å². The number of piperazine rings is 1. The van der Waals surface area contributed by atoms with Crippen LogP contribution in [0.2, 0.25) is 0 Å². The van der Waals surface area contributed by atoms with Crippen molar-refractivity contribution in [3.8, 4) is 5.75 Å². The summed E-state index contributed by atoms with van der Waals surface area (Å²) in [6.45, 7) is 7.25. The summed E-state index contributed by atoms with van der Waals surface area (Å²) in [6.07, 6.45) is 0.827. The van der Waals surface area contributed by atoms with Gasteiger partial charge in [0.05, 0.1) is 12.1 Å². The van der Waals surface area contributed by atoms with Gasteiger partial charge in [-0.3, -0.25) is 4.90 Å². The maximum Gasteiger partial charge on any atom is 0.410 e. The maximum atomic E-state index is 12.2. The topological polar surface area (TPSA) is 53.0 Å². The number of amides is 1. The Morgan fingerprint density at radius 1 is 1.29 bits per heavy atom. The van der Waals surface area contributed by atoms with Crippen LogP contribution in [0.15, 0.2) is 24.3 Å². The minimum Gasteiger partial charge on any atom is -0.508 e. The van der Waals surface area contributed by atoms with E-state index in [1.165, 1.54) is 0 Å². The number of hydrogen-bond acceptors (Lipinski definition) is 4. The fourth-order valence-electron chi connectivity index (χ4n) is 3.12. The molecule has 2 atom stereocenters. The molecule has 21 heavy (non-hydrogen) atoms. The van der Waals surface area contributed by atoms with Crippen LogP contribution in [0.25, 0.3) is 0 Å². The summed E-state index contributed by atoms with van der Waals surface area (Å²) in [5, 5.41) is 9.58. The van der Waals surface area contributed by atoms with Crippen molar-refractivity contribution in [1.82, 2.24) is 4.90 Å². The number of fused-ring (bicyclic) bond motifs is 2. The van der Waals surface area contributed by atoms with Crippen LogP contribution in [0.1, 0.15) is 27.2 Å². The van der Waals surface area contributed by atoms with Crippen LogP contribution in [0, 0.1) is 0 Å². The molecule has 1 aromatic carbocycles. The number of nitrogens with zero attached hydrogens (tertiary/aromatic N) is 2. The van der Waals surface area contributed by atoms with Crippen molar-refractivity contribution in [3.05, 3.63) is 24.3 Å². The number of carbonyl (C=O) groups is 1. The van der Waals surface area contributed by atoms with Gasteiger partial charge in [0.1, 0.15) is 11.4 Å². The van der Waals surface area contributed by atoms with Gasteiger partial charge in [-0.15, -0.1) is 0 Å². The molecule has 3 fully saturated rings. The van der Waals surface area contributed by atoms with Gasteiger partial charge in [-0.05, 0) is 39.3 Å². The van der Waals surface area contributed by atoms with Gasteiger partial charge >= 0.3 is 6.09 Å². The molecule has 0 spiro atoms. The summed E-state index contributed by atoms with van der Waals surface area (Å²) in [4.78, 5) is 16.3. The van der Waals surface area contributed by atoms with Crippen molar-refractivity contribution in [2.45, 2.75) is 44.9 Å². The molecule has 0 saturated carbocycles. The average Bonchev–Trinajstić information content (AvgIpc) is 2.36. The first-order valence-corrected chi connectivity index (χ1v) is 7.39. The fourth-order valence-corrected chi connectivity index (χ4v) is 3.12. The van der Waals surface area contributed by atoms with Gasteiger partial charge in [-0.2, -0.15) is 0 Å². The van der Waals surface area contributed by atoms with E-state index in [0.717, 1.165) is 25.2 Å². The van der Waals surface area contributed by atoms with Gasteiger partial charge in [-0.25, -0.2) is 4.79 Å². The first-order valence-electron chi connectivity index (χ1n) is 7.39. The van der Waals surface area contributed by atoms with Gasteiger partial charge in [0.2, 0.25) is 0 Å². The highest BCUT2D eigenvalue weighted by Gasteiger charge is 2.48. The van der Waals surface area contributed by atoms with E-state index < -0.39 is 5.60 Å². The Morgan fingerprint density at radius 3 is 2.52 bits per heavy atom. The third-order valence-corrected chi connectivity index (χ3v) is 3.99. The number of phenolic OH excluding ortho intramolecular Hbond substituents is 1. The highest BCUT2D eigenvalue weighted by molar-refractivity contribution is 5.71. The third-order valence-electron chi connectivity index (χ3n) is 3.99. The van der Waals surface area contributed by atoms with E-state index in [0.29, 0.717) is 0 Å². The zero-order valence-corrected chi connectivity index (χ0v) is 12.7. The quantitative estimate of drug-likeness (QED) is 0.863. The lowest BCUT2D eigenvalue weighted by Gasteiger charge is -2.56. The molecule has 1 aromatic rings. The maximum absolute atomic E-state index is 12.2. The van der Waals surface area contributed by atoms with E-state index >= 15 is 0 Å². The van der Waals surface area contributed by atoms with E-state index in [4.69, 9.17) is 4.74 Å². The predicted octanol–water partition coefficient (Wildman–Crippen LogP) is 2.59. The molecule has 2 bridgehead atoms. The Hall–Kier alpha value is -1.91. The number of phenols is 1. The van der Waals surface area contributed by atoms with E-state index in [9.17, 15) is 9.90 Å². The van der Waals surface area contributed by atoms with Gasteiger partial charge in [-0.1, -0.05) is 6.07 Å². The second-order valence-electron chi connectivity index (χ2n) is 6.86. The summed E-state index contributed by atoms with van der Waals surface area (Å²) < 4.78 is 5.47. The largest absolute Gasteiger partial charge is 0.508 e. The van der Waals surface area contributed by atoms with Gasteiger partial charge in [0, 0.05) is 24.8 Å². The van der Waals surface area contributed by atoms with Crippen molar-refractivity contribution < 1.29 is 14.6 Å². The minimum absolute atomic E-state index is 0.209. The van der Waals surface area contributed by atoms with E-state index in [1.807, 2.05) is 37.8 Å². The van der Waals surface area contributed by atoms with E-state index in [2.05, 4.69) is 4.90 Å². The first kappa shape index (κ1) is 14.0. The van der Waals surface area contributed by atoms with E-state index in [-0.39, 0.29) is 23.9 Å². The Balaban J connectivity index is 1.66. The van der Waals surface area contributed by atoms with Crippen molar-refractivity contribution in [2.24, 2.45) is 0 Å². The van der Waals surface area contributed by atoms with E-state index in [1.54, 1.807) is 12.1 Å². The lowest BCUT2D eigenvalue weighted by Crippen LogP contribution is -2.70. The molecular formula is C16H22N2O3. The summed E-state index contributed by atoms with van der Waals surface area (Å²) in [5.41, 5.74) is 0.555. The van der Waals surface area contributed by atoms with Crippen LogP contribution in [0.3, 0.4) is 0 Å². The Labute approximate surface area is 125 Å². The molecule has 3 aliphatic heterocycles. The fraction of sp³-hybridized carbons (Fsp3) is 0.562. The van der Waals surface area contributed by atoms with Crippen LogP contribution < -0.4 is 4.90 Å². The Kier molecular flexibility index (Phi) is 3.23. The number of aromatic hydroxyl groups is 1. The SMILES string of the molecule is CC(C)(C)OC(=O)N1C2CC1CN(c1cccc(O)c1)C2. The van der Waals surface area contributed by atoms with Crippen molar-refractivity contribution in [3.63, 3.8) is 0 Å². The molecule has 3 saturated heterocycles. The molecule has 1 amide bonds. The number of carbonyl (C=O) groups excluding carboxylic acids is 1. The average molecular weight is 290 g/mol. The van der Waals surface area contributed by atoms with Crippen molar-refractivity contribution in [1.29, 1.82) is 0 Å². The van der Waals surface area contributed by atoms with Crippen molar-refractivity contribution in [2.75, 3.05) is 18.0 Å². The second kappa shape index (κ2) is 4.83. The summed E-state index contributed by atoms with van der Waals surface area (Å²) >= 11 is 0. The number of rotatable bonds is 1. The highest BCUT2D eigenvalue weighted by atomic mass is 16.6. The van der Waals surface area contributed by atoms with Crippen LogP contribution in [0.5, 0.6) is 5.75 Å². The van der Waals surface area contributed by atoms with Gasteiger partial charge in [0.25, 0.3) is 0 Å². The molecule has 1 N–H and O–H groups in total. The van der Waals surface area contributed by atoms with Crippen molar-refractivity contribution >= 4 is 11.8 Å². The summed E-state index contributed by atoms with van der Waals surface area (Å²) in [7, 11) is 0. The lowest BCUT2D eigenvalue weighted by molar-refractivity contribution is -0.0379. The Morgan fingerprint density at radius 2 is 1.95 bits per heavy atom. The second-order valence-corrected chi connectivity index (χ2v) is 6.86. The molecule has 4 rings (SSSR count). The minimum atomic E-state index is -0.453. The summed E-state index contributed by atoms with van der Waals surface area (Å²) in [5.74, 6) is 0.274. The standard InChI is InChI=1S/C16H22N2O3/c1-16(2,3)21-15(20)18-12-7-13(18)10-17(9-12)11-5-4-6-14(19)8-11/h4-6,8,12-13,19H,7,9-10H2,1-3H3. The molecule has 3 heterocycles. The third kappa shape index (κ3) is 2.77. The highest BCUT2D eigenvalue weighted by Crippen LogP contribution is 2.36. The molecule has 5 heteroatoms. The summed E-state index contributed by atoms with van der Waals surface area (Å²) in [6, 6.07) is 7.68. The smallest absolute Gasteiger partial charge is 0.410 e. The van der Waals surface area contributed by atoms with Gasteiger partial charge in [0.15, 0.2) is 0 Å². The molecule has 0 aromatic heterocycles. The lowest BCUT2D eigenvalue weighted by atomic mass is 9.87. The molecule has 5 nitrogen and oxygen atoms in total. The van der Waals surface area contributed by atoms with Crippen LogP contribution in [0.4, 0.5) is 10.5 Å². The zero-order chi connectivity index (χ0) is 15.2. The zero-order valence-electron chi connectivity index (χ0n) is 12.7. The monoisotopic (exact) mass is 290 g/mol. The van der Waals surface area contributed by atoms with Crippen LogP contribution >= 0.6 is 0 Å². The normalized spacial score (nSPS) is 24.5. The molecular weight excluding hydrogens is 268 g/mol. The predicted molar refractivity (Wildman–Crippen MR) is 80.6 cm³/mol. The number of benzene rings is 1. The molecule has 3 aliphatic rings.